The van der Waals surface area contributed by atoms with Gasteiger partial charge < -0.3 is 5.32 Å². The van der Waals surface area contributed by atoms with Crippen molar-refractivity contribution in [3.63, 3.8) is 0 Å². The molecule has 2 aliphatic rings. The first-order valence-electron chi connectivity index (χ1n) is 8.56. The summed E-state index contributed by atoms with van der Waals surface area (Å²) in [6, 6.07) is 7.13. The van der Waals surface area contributed by atoms with Crippen molar-refractivity contribution in [3.05, 3.63) is 34.9 Å². The first-order chi connectivity index (χ1) is 10.0. The zero-order valence-corrected chi connectivity index (χ0v) is 13.9. The van der Waals surface area contributed by atoms with Crippen LogP contribution in [0.1, 0.15) is 50.3 Å². The van der Waals surface area contributed by atoms with Crippen molar-refractivity contribution in [3.8, 4) is 0 Å². The van der Waals surface area contributed by atoms with E-state index in [1.54, 1.807) is 5.56 Å². The van der Waals surface area contributed by atoms with E-state index < -0.39 is 0 Å². The van der Waals surface area contributed by atoms with Gasteiger partial charge in [0.05, 0.1) is 0 Å². The molecule has 0 aliphatic carbocycles. The molecule has 1 aromatic carbocycles. The molecule has 1 aromatic rings. The maximum absolute atomic E-state index is 3.48. The van der Waals surface area contributed by atoms with Gasteiger partial charge in [-0.15, -0.1) is 0 Å². The van der Waals surface area contributed by atoms with Crippen molar-refractivity contribution >= 4 is 0 Å². The fourth-order valence-corrected chi connectivity index (χ4v) is 3.85. The maximum Gasteiger partial charge on any atom is 0.0233 e. The molecule has 3 rings (SSSR count). The lowest BCUT2D eigenvalue weighted by atomic mass is 9.75. The molecule has 1 fully saturated rings. The fourth-order valence-electron chi connectivity index (χ4n) is 3.85. The third kappa shape index (κ3) is 3.67. The molecule has 1 N–H and O–H groups in total. The van der Waals surface area contributed by atoms with Gasteiger partial charge in [-0.05, 0) is 66.9 Å². The molecule has 1 saturated heterocycles. The summed E-state index contributed by atoms with van der Waals surface area (Å²) < 4.78 is 0. The molecular formula is C19H30N2. The van der Waals surface area contributed by atoms with Crippen LogP contribution in [0.4, 0.5) is 0 Å². The number of hydrogen-bond donors (Lipinski definition) is 1. The smallest absolute Gasteiger partial charge is 0.0233 e. The van der Waals surface area contributed by atoms with Gasteiger partial charge in [-0.1, -0.05) is 39.0 Å². The lowest BCUT2D eigenvalue weighted by Crippen LogP contribution is -2.37. The summed E-state index contributed by atoms with van der Waals surface area (Å²) in [4.78, 5) is 2.64. The lowest BCUT2D eigenvalue weighted by molar-refractivity contribution is 0.108. The molecular weight excluding hydrogens is 256 g/mol. The molecule has 0 unspecified atom stereocenters. The van der Waals surface area contributed by atoms with Crippen LogP contribution in [0.3, 0.4) is 0 Å². The Bertz CT molecular complexity index is 479. The van der Waals surface area contributed by atoms with Gasteiger partial charge in [-0.2, -0.15) is 0 Å². The molecule has 2 heteroatoms. The highest BCUT2D eigenvalue weighted by molar-refractivity contribution is 5.33. The van der Waals surface area contributed by atoms with Crippen molar-refractivity contribution < 1.29 is 0 Å². The highest BCUT2D eigenvalue weighted by Gasteiger charge is 2.28. The van der Waals surface area contributed by atoms with E-state index in [4.69, 9.17) is 0 Å². The Kier molecular flexibility index (Phi) is 4.37. The van der Waals surface area contributed by atoms with E-state index in [1.807, 2.05) is 0 Å². The van der Waals surface area contributed by atoms with Crippen LogP contribution in [0.5, 0.6) is 0 Å². The highest BCUT2D eigenvalue weighted by Crippen LogP contribution is 2.34. The number of likely N-dealkylation sites (tertiary alicyclic amines) is 1. The van der Waals surface area contributed by atoms with Gasteiger partial charge in [-0.25, -0.2) is 0 Å². The Morgan fingerprint density at radius 1 is 1.14 bits per heavy atom. The Labute approximate surface area is 129 Å². The number of benzene rings is 1. The molecule has 0 spiro atoms. The summed E-state index contributed by atoms with van der Waals surface area (Å²) in [6.07, 6.45) is 3.90. The predicted molar refractivity (Wildman–Crippen MR) is 89.3 cm³/mol. The molecule has 0 saturated carbocycles. The normalized spacial score (nSPS) is 21.3. The number of rotatable bonds is 2. The lowest BCUT2D eigenvalue weighted by Gasteiger charge is -2.38. The summed E-state index contributed by atoms with van der Waals surface area (Å²) >= 11 is 0. The number of nitrogens with one attached hydrogen (secondary N) is 1. The van der Waals surface area contributed by atoms with Crippen LogP contribution in [0.2, 0.25) is 0 Å². The van der Waals surface area contributed by atoms with Crippen LogP contribution in [-0.2, 0) is 19.5 Å². The largest absolute Gasteiger partial charge is 0.312 e. The topological polar surface area (TPSA) is 15.3 Å². The first-order valence-corrected chi connectivity index (χ1v) is 8.56. The van der Waals surface area contributed by atoms with E-state index in [2.05, 4.69) is 49.2 Å². The monoisotopic (exact) mass is 286 g/mol. The highest BCUT2D eigenvalue weighted by atomic mass is 15.1. The second-order valence-corrected chi connectivity index (χ2v) is 7.95. The molecule has 0 atom stereocenters. The third-order valence-corrected chi connectivity index (χ3v) is 5.38. The number of nitrogens with zero attached hydrogens (tertiary/aromatic N) is 1. The summed E-state index contributed by atoms with van der Waals surface area (Å²) in [6.45, 7) is 13.0. The summed E-state index contributed by atoms with van der Waals surface area (Å²) in [5, 5.41) is 3.48. The van der Waals surface area contributed by atoms with Gasteiger partial charge in [0.1, 0.15) is 0 Å². The van der Waals surface area contributed by atoms with E-state index in [-0.39, 0.29) is 0 Å². The van der Waals surface area contributed by atoms with E-state index in [9.17, 15) is 0 Å². The Morgan fingerprint density at radius 3 is 2.62 bits per heavy atom. The Morgan fingerprint density at radius 2 is 1.90 bits per heavy atom. The minimum absolute atomic E-state index is 0.476. The summed E-state index contributed by atoms with van der Waals surface area (Å²) in [5.41, 5.74) is 5.03. The van der Waals surface area contributed by atoms with Crippen LogP contribution in [0, 0.1) is 11.3 Å². The minimum atomic E-state index is 0.476. The molecule has 2 heterocycles. The van der Waals surface area contributed by atoms with E-state index in [0.29, 0.717) is 5.41 Å². The third-order valence-electron chi connectivity index (χ3n) is 5.38. The van der Waals surface area contributed by atoms with Crippen molar-refractivity contribution in [2.45, 2.75) is 53.1 Å². The average molecular weight is 286 g/mol. The van der Waals surface area contributed by atoms with Crippen molar-refractivity contribution in [1.82, 2.24) is 10.2 Å². The molecule has 116 valence electrons. The second kappa shape index (κ2) is 6.10. The van der Waals surface area contributed by atoms with Crippen LogP contribution >= 0.6 is 0 Å². The molecule has 0 aromatic heterocycles. The molecule has 2 aliphatic heterocycles. The van der Waals surface area contributed by atoms with Crippen molar-refractivity contribution in [2.75, 3.05) is 19.6 Å². The minimum Gasteiger partial charge on any atom is -0.312 e. The predicted octanol–water partition coefficient (Wildman–Crippen LogP) is 3.59. The van der Waals surface area contributed by atoms with Gasteiger partial charge >= 0.3 is 0 Å². The van der Waals surface area contributed by atoms with Gasteiger partial charge in [0.2, 0.25) is 0 Å². The summed E-state index contributed by atoms with van der Waals surface area (Å²) in [7, 11) is 0. The van der Waals surface area contributed by atoms with Gasteiger partial charge in [0.25, 0.3) is 0 Å². The van der Waals surface area contributed by atoms with Crippen molar-refractivity contribution in [2.24, 2.45) is 11.3 Å². The van der Waals surface area contributed by atoms with Gasteiger partial charge in [0, 0.05) is 13.1 Å². The fraction of sp³-hybridized carbons (Fsp3) is 0.684. The summed E-state index contributed by atoms with van der Waals surface area (Å²) in [5.74, 6) is 0.890. The molecule has 0 bridgehead atoms. The number of piperidine rings is 1. The average Bonchev–Trinajstić information content (AvgIpc) is 2.47. The van der Waals surface area contributed by atoms with Crippen LogP contribution in [0.15, 0.2) is 18.2 Å². The van der Waals surface area contributed by atoms with Gasteiger partial charge in [0.15, 0.2) is 0 Å². The van der Waals surface area contributed by atoms with Gasteiger partial charge in [-0.3, -0.25) is 4.90 Å². The maximum atomic E-state index is 3.48. The van der Waals surface area contributed by atoms with Crippen LogP contribution < -0.4 is 5.32 Å². The molecule has 21 heavy (non-hydrogen) atoms. The molecule has 2 nitrogen and oxygen atoms in total. The van der Waals surface area contributed by atoms with E-state index in [1.165, 1.54) is 43.5 Å². The molecule has 0 radical (unpaired) electrons. The number of hydrogen-bond acceptors (Lipinski definition) is 2. The van der Waals surface area contributed by atoms with E-state index >= 15 is 0 Å². The van der Waals surface area contributed by atoms with Crippen molar-refractivity contribution in [1.29, 1.82) is 0 Å². The molecule has 0 amide bonds. The SMILES string of the molecule is CC(C)(C)C1CCN(Cc2ccc3c(c2)CNCC3)CC1. The van der Waals surface area contributed by atoms with Crippen LogP contribution in [0.25, 0.3) is 0 Å². The second-order valence-electron chi connectivity index (χ2n) is 7.95. The standard InChI is InChI=1S/C19H30N2/c1-19(2,3)18-7-10-21(11-8-18)14-15-4-5-16-6-9-20-13-17(16)12-15/h4-5,12,18,20H,6-11,13-14H2,1-3H3. The quantitative estimate of drug-likeness (QED) is 0.894. The number of fused-ring (bicyclic) bond motifs is 1. The van der Waals surface area contributed by atoms with E-state index in [0.717, 1.165) is 25.6 Å². The first kappa shape index (κ1) is 15.1. The van der Waals surface area contributed by atoms with Crippen LogP contribution in [-0.4, -0.2) is 24.5 Å². The zero-order chi connectivity index (χ0) is 14.9. The zero-order valence-electron chi connectivity index (χ0n) is 13.9. The Hall–Kier alpha value is -0.860. The Balaban J connectivity index is 1.58.